The molecule has 1 aromatic heterocycles. The molecular formula is C19H25N3O3S. The molecule has 0 bridgehead atoms. The number of nitrogens with one attached hydrogen (secondary N) is 2. The van der Waals surface area contributed by atoms with Crippen LogP contribution in [0.15, 0.2) is 47.5 Å². The number of nitrogens with zero attached hydrogens (tertiary/aromatic N) is 1. The van der Waals surface area contributed by atoms with Crippen LogP contribution in [0.25, 0.3) is 0 Å². The average molecular weight is 375 g/mol. The lowest BCUT2D eigenvalue weighted by Gasteiger charge is -2.13. The zero-order valence-electron chi connectivity index (χ0n) is 14.9. The van der Waals surface area contributed by atoms with Crippen LogP contribution in [0.3, 0.4) is 0 Å². The third-order valence-electron chi connectivity index (χ3n) is 4.31. The predicted octanol–water partition coefficient (Wildman–Crippen LogP) is 4.03. The molecular weight excluding hydrogens is 350 g/mol. The van der Waals surface area contributed by atoms with Gasteiger partial charge in [0.1, 0.15) is 11.6 Å². The lowest BCUT2D eigenvalue weighted by Crippen LogP contribution is -2.14. The summed E-state index contributed by atoms with van der Waals surface area (Å²) in [5, 5.41) is 3.15. The van der Waals surface area contributed by atoms with Gasteiger partial charge in [-0.05, 0) is 68.5 Å². The first-order valence-corrected chi connectivity index (χ1v) is 10.5. The Hall–Kier alpha value is -2.28. The van der Waals surface area contributed by atoms with Gasteiger partial charge < -0.3 is 10.1 Å². The Bertz CT molecular complexity index is 799. The van der Waals surface area contributed by atoms with E-state index in [1.807, 2.05) is 0 Å². The molecule has 0 atom stereocenters. The first-order valence-electron chi connectivity index (χ1n) is 9.06. The summed E-state index contributed by atoms with van der Waals surface area (Å²) < 4.78 is 33.5. The normalized spacial score (nSPS) is 15.0. The molecule has 1 fully saturated rings. The second-order valence-electron chi connectivity index (χ2n) is 6.46. The molecule has 7 heteroatoms. The van der Waals surface area contributed by atoms with Gasteiger partial charge in [0.25, 0.3) is 10.0 Å². The van der Waals surface area contributed by atoms with Crippen LogP contribution in [-0.4, -0.2) is 26.1 Å². The fraction of sp³-hybridized carbons (Fsp3) is 0.421. The number of pyridine rings is 1. The van der Waals surface area contributed by atoms with Crippen LogP contribution in [-0.2, 0) is 10.0 Å². The minimum absolute atomic E-state index is 0.199. The number of benzene rings is 1. The van der Waals surface area contributed by atoms with Crippen molar-refractivity contribution in [2.24, 2.45) is 0 Å². The van der Waals surface area contributed by atoms with Crippen molar-refractivity contribution in [2.75, 3.05) is 16.6 Å². The van der Waals surface area contributed by atoms with Crippen LogP contribution in [0.4, 0.5) is 11.5 Å². The fourth-order valence-electron chi connectivity index (χ4n) is 2.92. The molecule has 0 amide bonds. The molecule has 26 heavy (non-hydrogen) atoms. The summed E-state index contributed by atoms with van der Waals surface area (Å²) in [5.41, 5.74) is 0.429. The molecule has 2 aromatic rings. The molecule has 0 spiro atoms. The van der Waals surface area contributed by atoms with Crippen LogP contribution in [0.1, 0.15) is 39.0 Å². The van der Waals surface area contributed by atoms with Crippen molar-refractivity contribution >= 4 is 21.5 Å². The molecule has 1 heterocycles. The van der Waals surface area contributed by atoms with E-state index in [0.29, 0.717) is 11.4 Å². The highest BCUT2D eigenvalue weighted by molar-refractivity contribution is 7.92. The largest absolute Gasteiger partial charge is 0.490 e. The number of hydrogen-bond donors (Lipinski definition) is 2. The Morgan fingerprint density at radius 1 is 1.12 bits per heavy atom. The van der Waals surface area contributed by atoms with Crippen molar-refractivity contribution in [3.8, 4) is 5.75 Å². The molecule has 1 aliphatic rings. The van der Waals surface area contributed by atoms with Crippen LogP contribution < -0.4 is 14.8 Å². The van der Waals surface area contributed by atoms with Gasteiger partial charge in [0.15, 0.2) is 0 Å². The molecule has 0 unspecified atom stereocenters. The standard InChI is InChI=1S/C19H25N3O3S/c1-2-13-20-19-12-7-15(14-21-19)22-26(23,24)18-10-8-17(9-11-18)25-16-5-3-4-6-16/h7-12,14,16,22H,2-6,13H2,1H3,(H,20,21). The highest BCUT2D eigenvalue weighted by Gasteiger charge is 2.18. The van der Waals surface area contributed by atoms with E-state index in [9.17, 15) is 8.42 Å². The summed E-state index contributed by atoms with van der Waals surface area (Å²) in [6.45, 7) is 2.90. The minimum Gasteiger partial charge on any atom is -0.490 e. The molecule has 1 saturated carbocycles. The molecule has 1 aliphatic carbocycles. The Kier molecular flexibility index (Phi) is 5.98. The minimum atomic E-state index is -3.65. The summed E-state index contributed by atoms with van der Waals surface area (Å²) in [5.74, 6) is 1.44. The van der Waals surface area contributed by atoms with E-state index >= 15 is 0 Å². The van der Waals surface area contributed by atoms with Crippen LogP contribution in [0.5, 0.6) is 5.75 Å². The smallest absolute Gasteiger partial charge is 0.261 e. The first kappa shape index (κ1) is 18.5. The van der Waals surface area contributed by atoms with Crippen molar-refractivity contribution in [3.63, 3.8) is 0 Å². The summed E-state index contributed by atoms with van der Waals surface area (Å²) in [4.78, 5) is 4.41. The number of ether oxygens (including phenoxy) is 1. The monoisotopic (exact) mass is 375 g/mol. The van der Waals surface area contributed by atoms with Gasteiger partial charge in [-0.15, -0.1) is 0 Å². The Morgan fingerprint density at radius 3 is 2.46 bits per heavy atom. The number of anilines is 2. The van der Waals surface area contributed by atoms with Gasteiger partial charge in [0.05, 0.1) is 22.9 Å². The number of rotatable bonds is 8. The number of hydrogen-bond acceptors (Lipinski definition) is 5. The van der Waals surface area contributed by atoms with Crippen molar-refractivity contribution in [1.29, 1.82) is 0 Å². The molecule has 0 radical (unpaired) electrons. The number of sulfonamides is 1. The van der Waals surface area contributed by atoms with Gasteiger partial charge in [-0.2, -0.15) is 0 Å². The lowest BCUT2D eigenvalue weighted by atomic mass is 10.3. The Morgan fingerprint density at radius 2 is 1.85 bits per heavy atom. The average Bonchev–Trinajstić information content (AvgIpc) is 3.14. The molecule has 2 N–H and O–H groups in total. The highest BCUT2D eigenvalue weighted by Crippen LogP contribution is 2.25. The maximum absolute atomic E-state index is 12.5. The van der Waals surface area contributed by atoms with E-state index in [2.05, 4.69) is 21.9 Å². The molecule has 140 valence electrons. The Labute approximate surface area is 155 Å². The molecule has 3 rings (SSSR count). The van der Waals surface area contributed by atoms with Crippen LogP contribution in [0.2, 0.25) is 0 Å². The third kappa shape index (κ3) is 4.88. The van der Waals surface area contributed by atoms with Crippen molar-refractivity contribution in [3.05, 3.63) is 42.6 Å². The summed E-state index contributed by atoms with van der Waals surface area (Å²) in [7, 11) is -3.65. The topological polar surface area (TPSA) is 80.3 Å². The molecule has 0 saturated heterocycles. The predicted molar refractivity (Wildman–Crippen MR) is 103 cm³/mol. The zero-order valence-corrected chi connectivity index (χ0v) is 15.8. The van der Waals surface area contributed by atoms with Gasteiger partial charge in [0.2, 0.25) is 0 Å². The summed E-state index contributed by atoms with van der Waals surface area (Å²) in [6.07, 6.45) is 7.28. The second-order valence-corrected chi connectivity index (χ2v) is 8.14. The highest BCUT2D eigenvalue weighted by atomic mass is 32.2. The maximum Gasteiger partial charge on any atom is 0.261 e. The van der Waals surface area contributed by atoms with Crippen LogP contribution in [0, 0.1) is 0 Å². The maximum atomic E-state index is 12.5. The van der Waals surface area contributed by atoms with E-state index in [1.165, 1.54) is 19.0 Å². The van der Waals surface area contributed by atoms with E-state index < -0.39 is 10.0 Å². The van der Waals surface area contributed by atoms with E-state index in [-0.39, 0.29) is 11.0 Å². The van der Waals surface area contributed by atoms with Crippen LogP contribution >= 0.6 is 0 Å². The summed E-state index contributed by atoms with van der Waals surface area (Å²) in [6, 6.07) is 10.0. The van der Waals surface area contributed by atoms with E-state index in [1.54, 1.807) is 36.4 Å². The van der Waals surface area contributed by atoms with Gasteiger partial charge in [0, 0.05) is 6.54 Å². The summed E-state index contributed by atoms with van der Waals surface area (Å²) >= 11 is 0. The van der Waals surface area contributed by atoms with Crippen molar-refractivity contribution in [1.82, 2.24) is 4.98 Å². The van der Waals surface area contributed by atoms with Crippen molar-refractivity contribution in [2.45, 2.75) is 50.0 Å². The molecule has 0 aliphatic heterocycles. The SMILES string of the molecule is CCCNc1ccc(NS(=O)(=O)c2ccc(OC3CCCC3)cc2)cn1. The molecule has 6 nitrogen and oxygen atoms in total. The molecule has 1 aromatic carbocycles. The van der Waals surface area contributed by atoms with Gasteiger partial charge in [-0.25, -0.2) is 13.4 Å². The van der Waals surface area contributed by atoms with Gasteiger partial charge >= 0.3 is 0 Å². The fourth-order valence-corrected chi connectivity index (χ4v) is 3.97. The van der Waals surface area contributed by atoms with Crippen molar-refractivity contribution < 1.29 is 13.2 Å². The zero-order chi connectivity index (χ0) is 18.4. The third-order valence-corrected chi connectivity index (χ3v) is 5.71. The quantitative estimate of drug-likeness (QED) is 0.728. The Balaban J connectivity index is 1.63. The van der Waals surface area contributed by atoms with Gasteiger partial charge in [-0.3, -0.25) is 4.72 Å². The van der Waals surface area contributed by atoms with E-state index in [0.717, 1.165) is 31.6 Å². The van der Waals surface area contributed by atoms with E-state index in [4.69, 9.17) is 4.74 Å². The lowest BCUT2D eigenvalue weighted by molar-refractivity contribution is 0.210. The first-order chi connectivity index (χ1) is 12.6. The number of aromatic nitrogens is 1. The van der Waals surface area contributed by atoms with Gasteiger partial charge in [-0.1, -0.05) is 6.92 Å². The second kappa shape index (κ2) is 8.40.